The summed E-state index contributed by atoms with van der Waals surface area (Å²) in [5.41, 5.74) is 2.11. The van der Waals surface area contributed by atoms with Crippen LogP contribution in [0.15, 0.2) is 24.3 Å². The third-order valence-corrected chi connectivity index (χ3v) is 1.79. The van der Waals surface area contributed by atoms with Crippen LogP contribution in [0, 0.1) is 0 Å². The van der Waals surface area contributed by atoms with Crippen molar-refractivity contribution in [2.75, 3.05) is 0 Å². The van der Waals surface area contributed by atoms with Crippen LogP contribution in [0.25, 0.3) is 0 Å². The molecule has 0 saturated carbocycles. The molecule has 0 unspecified atom stereocenters. The molecule has 0 amide bonds. The highest BCUT2D eigenvalue weighted by atomic mass is 16.7. The van der Waals surface area contributed by atoms with Crippen LogP contribution in [0.3, 0.4) is 0 Å². The van der Waals surface area contributed by atoms with Crippen LogP contribution in [0.4, 0.5) is 4.79 Å². The van der Waals surface area contributed by atoms with E-state index in [2.05, 4.69) is 11.7 Å². The topological polar surface area (TPSA) is 46.5 Å². The molecule has 0 aromatic heterocycles. The van der Waals surface area contributed by atoms with Crippen molar-refractivity contribution < 1.29 is 14.6 Å². The Kier molecular flexibility index (Phi) is 3.31. The monoisotopic (exact) mass is 180 g/mol. The number of carboxylic acid groups (broad SMARTS) is 1. The third-order valence-electron chi connectivity index (χ3n) is 1.79. The van der Waals surface area contributed by atoms with Crippen molar-refractivity contribution in [2.24, 2.45) is 0 Å². The Labute approximate surface area is 77.0 Å². The molecule has 0 bridgehead atoms. The van der Waals surface area contributed by atoms with Crippen molar-refractivity contribution in [3.8, 4) is 0 Å². The van der Waals surface area contributed by atoms with E-state index >= 15 is 0 Å². The van der Waals surface area contributed by atoms with Gasteiger partial charge in [0.05, 0.1) is 0 Å². The zero-order valence-corrected chi connectivity index (χ0v) is 7.49. The fraction of sp³-hybridized carbons (Fsp3) is 0.300. The summed E-state index contributed by atoms with van der Waals surface area (Å²) in [5, 5.41) is 8.25. The molecule has 0 atom stereocenters. The van der Waals surface area contributed by atoms with Crippen molar-refractivity contribution in [3.63, 3.8) is 0 Å². The van der Waals surface area contributed by atoms with E-state index in [1.165, 1.54) is 5.56 Å². The maximum absolute atomic E-state index is 10.1. The van der Waals surface area contributed by atoms with Gasteiger partial charge in [-0.2, -0.15) is 0 Å². The molecule has 0 aliphatic carbocycles. The normalized spacial score (nSPS) is 9.62. The zero-order chi connectivity index (χ0) is 9.68. The van der Waals surface area contributed by atoms with Crippen molar-refractivity contribution in [2.45, 2.75) is 20.0 Å². The Morgan fingerprint density at radius 1 is 1.31 bits per heavy atom. The average Bonchev–Trinajstić information content (AvgIpc) is 2.15. The minimum atomic E-state index is -1.24. The van der Waals surface area contributed by atoms with Gasteiger partial charge in [-0.25, -0.2) is 4.79 Å². The summed E-state index contributed by atoms with van der Waals surface area (Å²) in [5.74, 6) is 0. The van der Waals surface area contributed by atoms with Crippen LogP contribution in [0.2, 0.25) is 0 Å². The molecule has 13 heavy (non-hydrogen) atoms. The molecule has 1 rings (SSSR count). The number of carbonyl (C=O) groups is 1. The minimum absolute atomic E-state index is 0.124. The Morgan fingerprint density at radius 3 is 2.31 bits per heavy atom. The Balaban J connectivity index is 2.54. The van der Waals surface area contributed by atoms with Crippen LogP contribution in [-0.4, -0.2) is 11.3 Å². The quantitative estimate of drug-likeness (QED) is 0.726. The molecule has 0 fully saturated rings. The lowest BCUT2D eigenvalue weighted by molar-refractivity contribution is 0.0854. The average molecular weight is 180 g/mol. The highest BCUT2D eigenvalue weighted by Crippen LogP contribution is 2.06. The van der Waals surface area contributed by atoms with Gasteiger partial charge in [0.15, 0.2) is 0 Å². The van der Waals surface area contributed by atoms with Crippen molar-refractivity contribution in [1.82, 2.24) is 0 Å². The summed E-state index contributed by atoms with van der Waals surface area (Å²) in [6, 6.07) is 7.70. The molecular weight excluding hydrogens is 168 g/mol. The summed E-state index contributed by atoms with van der Waals surface area (Å²) in [7, 11) is 0. The van der Waals surface area contributed by atoms with Crippen LogP contribution in [0.1, 0.15) is 18.1 Å². The molecule has 0 saturated heterocycles. The number of aryl methyl sites for hydroxylation is 1. The van der Waals surface area contributed by atoms with E-state index in [-0.39, 0.29) is 6.61 Å². The predicted octanol–water partition coefficient (Wildman–Crippen LogP) is 2.44. The molecule has 0 aliphatic rings. The maximum Gasteiger partial charge on any atom is 0.506 e. The number of rotatable bonds is 3. The highest BCUT2D eigenvalue weighted by molar-refractivity contribution is 5.56. The van der Waals surface area contributed by atoms with E-state index in [1.807, 2.05) is 24.3 Å². The molecule has 1 aromatic rings. The first-order chi connectivity index (χ1) is 6.22. The van der Waals surface area contributed by atoms with E-state index in [4.69, 9.17) is 5.11 Å². The Hall–Kier alpha value is -1.51. The number of hydrogen-bond donors (Lipinski definition) is 1. The molecule has 0 heterocycles. The third kappa shape index (κ3) is 3.15. The van der Waals surface area contributed by atoms with E-state index in [1.54, 1.807) is 0 Å². The molecule has 0 radical (unpaired) electrons. The molecule has 0 aliphatic heterocycles. The summed E-state index contributed by atoms with van der Waals surface area (Å²) in [6.07, 6.45) is -0.250. The lowest BCUT2D eigenvalue weighted by atomic mass is 10.1. The zero-order valence-electron chi connectivity index (χ0n) is 7.49. The van der Waals surface area contributed by atoms with E-state index < -0.39 is 6.16 Å². The van der Waals surface area contributed by atoms with Crippen LogP contribution in [0.5, 0.6) is 0 Å². The summed E-state index contributed by atoms with van der Waals surface area (Å²) >= 11 is 0. The van der Waals surface area contributed by atoms with Crippen molar-refractivity contribution in [1.29, 1.82) is 0 Å². The van der Waals surface area contributed by atoms with E-state index in [0.29, 0.717) is 0 Å². The van der Waals surface area contributed by atoms with Crippen LogP contribution < -0.4 is 0 Å². The summed E-state index contributed by atoms with van der Waals surface area (Å²) < 4.78 is 4.42. The predicted molar refractivity (Wildman–Crippen MR) is 48.6 cm³/mol. The summed E-state index contributed by atoms with van der Waals surface area (Å²) in [4.78, 5) is 10.1. The molecule has 0 spiro atoms. The van der Waals surface area contributed by atoms with Crippen LogP contribution in [-0.2, 0) is 17.8 Å². The summed E-state index contributed by atoms with van der Waals surface area (Å²) in [6.45, 7) is 2.20. The highest BCUT2D eigenvalue weighted by Gasteiger charge is 1.97. The van der Waals surface area contributed by atoms with Gasteiger partial charge in [-0.3, -0.25) is 0 Å². The van der Waals surface area contributed by atoms with Crippen LogP contribution >= 0.6 is 0 Å². The van der Waals surface area contributed by atoms with Gasteiger partial charge in [-0.15, -0.1) is 0 Å². The SMILES string of the molecule is CCc1ccc(COC(=O)O)cc1. The second-order valence-electron chi connectivity index (χ2n) is 2.72. The maximum atomic E-state index is 10.1. The molecule has 3 heteroatoms. The van der Waals surface area contributed by atoms with E-state index in [0.717, 1.165) is 12.0 Å². The molecule has 1 aromatic carbocycles. The smallest absolute Gasteiger partial charge is 0.450 e. The van der Waals surface area contributed by atoms with E-state index in [9.17, 15) is 4.79 Å². The fourth-order valence-corrected chi connectivity index (χ4v) is 1.02. The fourth-order valence-electron chi connectivity index (χ4n) is 1.02. The second kappa shape index (κ2) is 4.50. The molecule has 3 nitrogen and oxygen atoms in total. The van der Waals surface area contributed by atoms with Gasteiger partial charge in [0.1, 0.15) is 6.61 Å². The number of ether oxygens (including phenoxy) is 1. The van der Waals surface area contributed by atoms with Gasteiger partial charge < -0.3 is 9.84 Å². The lowest BCUT2D eigenvalue weighted by Crippen LogP contribution is -1.99. The first kappa shape index (κ1) is 9.58. The van der Waals surface area contributed by atoms with Gasteiger partial charge in [0.2, 0.25) is 0 Å². The number of benzene rings is 1. The van der Waals surface area contributed by atoms with Gasteiger partial charge in [-0.1, -0.05) is 31.2 Å². The van der Waals surface area contributed by atoms with Gasteiger partial charge in [0.25, 0.3) is 0 Å². The minimum Gasteiger partial charge on any atom is -0.450 e. The molecular formula is C10H12O3. The lowest BCUT2D eigenvalue weighted by Gasteiger charge is -2.01. The molecule has 70 valence electrons. The van der Waals surface area contributed by atoms with Gasteiger partial charge in [-0.05, 0) is 17.5 Å². The first-order valence-electron chi connectivity index (χ1n) is 4.16. The van der Waals surface area contributed by atoms with Gasteiger partial charge in [0, 0.05) is 0 Å². The largest absolute Gasteiger partial charge is 0.506 e. The Bertz CT molecular complexity index is 277. The molecule has 1 N–H and O–H groups in total. The standard InChI is InChI=1S/C10H12O3/c1-2-8-3-5-9(6-4-8)7-13-10(11)12/h3-6H,2,7H2,1H3,(H,11,12). The number of hydrogen-bond acceptors (Lipinski definition) is 2. The Morgan fingerprint density at radius 2 is 1.85 bits per heavy atom. The van der Waals surface area contributed by atoms with Crippen molar-refractivity contribution >= 4 is 6.16 Å². The van der Waals surface area contributed by atoms with Crippen molar-refractivity contribution in [3.05, 3.63) is 35.4 Å². The first-order valence-corrected chi connectivity index (χ1v) is 4.16. The van der Waals surface area contributed by atoms with Gasteiger partial charge >= 0.3 is 6.16 Å². The second-order valence-corrected chi connectivity index (χ2v) is 2.72.